The van der Waals surface area contributed by atoms with E-state index in [4.69, 9.17) is 0 Å². The molecule has 1 aliphatic carbocycles. The first-order valence-electron chi connectivity index (χ1n) is 6.73. The van der Waals surface area contributed by atoms with Gasteiger partial charge in [0.05, 0.1) is 6.33 Å². The predicted octanol–water partition coefficient (Wildman–Crippen LogP) is 3.31. The average molecular weight is 320 g/mol. The molecular weight excluding hydrogens is 302 g/mol. The van der Waals surface area contributed by atoms with Crippen LogP contribution < -0.4 is 5.32 Å². The molecule has 19 heavy (non-hydrogen) atoms. The number of rotatable bonds is 4. The van der Waals surface area contributed by atoms with Crippen LogP contribution in [0.5, 0.6) is 0 Å². The van der Waals surface area contributed by atoms with Crippen molar-refractivity contribution in [3.05, 3.63) is 52.5 Å². The molecule has 100 valence electrons. The molecule has 0 spiro atoms. The van der Waals surface area contributed by atoms with Crippen LogP contribution in [0.1, 0.15) is 30.5 Å². The van der Waals surface area contributed by atoms with Crippen LogP contribution in [0.2, 0.25) is 0 Å². The summed E-state index contributed by atoms with van der Waals surface area (Å²) in [7, 11) is 0. The average Bonchev–Trinajstić information content (AvgIpc) is 3.01. The van der Waals surface area contributed by atoms with Crippen molar-refractivity contribution in [3.8, 4) is 0 Å². The van der Waals surface area contributed by atoms with Crippen molar-refractivity contribution in [1.29, 1.82) is 0 Å². The highest BCUT2D eigenvalue weighted by molar-refractivity contribution is 9.10. The Kier molecular flexibility index (Phi) is 3.71. The van der Waals surface area contributed by atoms with Gasteiger partial charge in [0.1, 0.15) is 0 Å². The Morgan fingerprint density at radius 3 is 3.21 bits per heavy atom. The molecule has 0 aliphatic heterocycles. The van der Waals surface area contributed by atoms with Gasteiger partial charge in [-0.1, -0.05) is 28.1 Å². The van der Waals surface area contributed by atoms with Gasteiger partial charge in [0.15, 0.2) is 0 Å². The third kappa shape index (κ3) is 2.74. The number of nitrogens with zero attached hydrogens (tertiary/aromatic N) is 2. The quantitative estimate of drug-likeness (QED) is 0.937. The second-order valence-electron chi connectivity index (χ2n) is 5.23. The smallest absolute Gasteiger partial charge is 0.0946 e. The number of hydrogen-bond donors (Lipinski definition) is 1. The molecule has 1 heterocycles. The van der Waals surface area contributed by atoms with E-state index in [2.05, 4.69) is 55.9 Å². The summed E-state index contributed by atoms with van der Waals surface area (Å²) in [5, 5.41) is 3.73. The summed E-state index contributed by atoms with van der Waals surface area (Å²) in [6.45, 7) is 3.19. The lowest BCUT2D eigenvalue weighted by Crippen LogP contribution is -2.32. The van der Waals surface area contributed by atoms with Gasteiger partial charge in [-0.25, -0.2) is 4.98 Å². The van der Waals surface area contributed by atoms with E-state index in [1.807, 2.05) is 18.7 Å². The van der Waals surface area contributed by atoms with Gasteiger partial charge in [-0.2, -0.15) is 0 Å². The van der Waals surface area contributed by atoms with Crippen LogP contribution in [-0.2, 0) is 13.0 Å². The predicted molar refractivity (Wildman–Crippen MR) is 80.0 cm³/mol. The highest BCUT2D eigenvalue weighted by atomic mass is 79.9. The first-order valence-corrected chi connectivity index (χ1v) is 7.52. The summed E-state index contributed by atoms with van der Waals surface area (Å²) >= 11 is 3.65. The first-order chi connectivity index (χ1) is 9.24. The number of imidazole rings is 1. The van der Waals surface area contributed by atoms with Crippen LogP contribution in [0.3, 0.4) is 0 Å². The second kappa shape index (κ2) is 5.47. The van der Waals surface area contributed by atoms with Crippen LogP contribution in [-0.4, -0.2) is 15.6 Å². The van der Waals surface area contributed by atoms with E-state index >= 15 is 0 Å². The molecule has 3 rings (SSSR count). The van der Waals surface area contributed by atoms with E-state index in [1.165, 1.54) is 22.0 Å². The summed E-state index contributed by atoms with van der Waals surface area (Å²) < 4.78 is 3.37. The molecule has 1 N–H and O–H groups in total. The van der Waals surface area contributed by atoms with Gasteiger partial charge in [0, 0.05) is 35.5 Å². The van der Waals surface area contributed by atoms with E-state index in [0.717, 1.165) is 13.0 Å². The molecule has 0 fully saturated rings. The Hall–Kier alpha value is -1.13. The van der Waals surface area contributed by atoms with Crippen LogP contribution in [0.25, 0.3) is 0 Å². The van der Waals surface area contributed by atoms with Gasteiger partial charge in [-0.3, -0.25) is 0 Å². The summed E-state index contributed by atoms with van der Waals surface area (Å²) in [4.78, 5) is 4.08. The molecule has 1 aromatic heterocycles. The molecule has 2 atom stereocenters. The minimum Gasteiger partial charge on any atom is -0.336 e. The van der Waals surface area contributed by atoms with Crippen molar-refractivity contribution in [2.75, 3.05) is 0 Å². The Bertz CT molecular complexity index is 551. The summed E-state index contributed by atoms with van der Waals surface area (Å²) in [5.41, 5.74) is 2.92. The van der Waals surface area contributed by atoms with Crippen molar-refractivity contribution in [2.24, 2.45) is 0 Å². The topological polar surface area (TPSA) is 29.9 Å². The molecule has 4 heteroatoms. The van der Waals surface area contributed by atoms with Crippen molar-refractivity contribution in [2.45, 2.75) is 38.4 Å². The normalized spacial score (nSPS) is 19.4. The SMILES string of the molecule is CC(Cn1ccnc1)NC1CCc2c(Br)cccc21. The number of fused-ring (bicyclic) bond motifs is 1. The summed E-state index contributed by atoms with van der Waals surface area (Å²) in [6.07, 6.45) is 8.06. The van der Waals surface area contributed by atoms with E-state index in [1.54, 1.807) is 0 Å². The third-order valence-electron chi connectivity index (χ3n) is 3.74. The van der Waals surface area contributed by atoms with Gasteiger partial charge in [-0.15, -0.1) is 0 Å². The Labute approximate surface area is 122 Å². The fourth-order valence-electron chi connectivity index (χ4n) is 2.89. The minimum absolute atomic E-state index is 0.434. The molecule has 1 aliphatic rings. The molecular formula is C15H18BrN3. The Morgan fingerprint density at radius 2 is 2.42 bits per heavy atom. The lowest BCUT2D eigenvalue weighted by atomic mass is 10.1. The number of halogens is 1. The van der Waals surface area contributed by atoms with E-state index in [-0.39, 0.29) is 0 Å². The van der Waals surface area contributed by atoms with E-state index in [9.17, 15) is 0 Å². The highest BCUT2D eigenvalue weighted by Gasteiger charge is 2.24. The fourth-order valence-corrected chi connectivity index (χ4v) is 3.47. The third-order valence-corrected chi connectivity index (χ3v) is 4.49. The van der Waals surface area contributed by atoms with Gasteiger partial charge >= 0.3 is 0 Å². The maximum absolute atomic E-state index is 4.08. The minimum atomic E-state index is 0.434. The maximum Gasteiger partial charge on any atom is 0.0946 e. The van der Waals surface area contributed by atoms with Crippen molar-refractivity contribution in [3.63, 3.8) is 0 Å². The number of benzene rings is 1. The Morgan fingerprint density at radius 1 is 1.53 bits per heavy atom. The zero-order valence-corrected chi connectivity index (χ0v) is 12.6. The number of hydrogen-bond acceptors (Lipinski definition) is 2. The van der Waals surface area contributed by atoms with Crippen LogP contribution in [0.4, 0.5) is 0 Å². The van der Waals surface area contributed by atoms with Crippen molar-refractivity contribution in [1.82, 2.24) is 14.9 Å². The summed E-state index contributed by atoms with van der Waals surface area (Å²) in [6, 6.07) is 7.42. The molecule has 0 bridgehead atoms. The van der Waals surface area contributed by atoms with Gasteiger partial charge in [0.2, 0.25) is 0 Å². The molecule has 0 radical (unpaired) electrons. The molecule has 0 saturated heterocycles. The molecule has 2 unspecified atom stereocenters. The number of aromatic nitrogens is 2. The summed E-state index contributed by atoms with van der Waals surface area (Å²) in [5.74, 6) is 0. The first kappa shape index (κ1) is 12.9. The van der Waals surface area contributed by atoms with E-state index < -0.39 is 0 Å². The zero-order chi connectivity index (χ0) is 13.2. The fraction of sp³-hybridized carbons (Fsp3) is 0.400. The van der Waals surface area contributed by atoms with Gasteiger partial charge in [0.25, 0.3) is 0 Å². The standard InChI is InChI=1S/C15H18BrN3/c1-11(9-19-8-7-17-10-19)18-15-6-5-12-13(15)3-2-4-14(12)16/h2-4,7-8,10-11,15,18H,5-6,9H2,1H3. The zero-order valence-electron chi connectivity index (χ0n) is 11.0. The monoisotopic (exact) mass is 319 g/mol. The van der Waals surface area contributed by atoms with Crippen LogP contribution in [0, 0.1) is 0 Å². The van der Waals surface area contributed by atoms with E-state index in [0.29, 0.717) is 12.1 Å². The second-order valence-corrected chi connectivity index (χ2v) is 6.08. The molecule has 2 aromatic rings. The maximum atomic E-state index is 4.08. The number of nitrogens with one attached hydrogen (secondary N) is 1. The Balaban J connectivity index is 1.68. The lowest BCUT2D eigenvalue weighted by Gasteiger charge is -2.20. The molecule has 3 nitrogen and oxygen atoms in total. The van der Waals surface area contributed by atoms with Crippen molar-refractivity contribution < 1.29 is 0 Å². The highest BCUT2D eigenvalue weighted by Crippen LogP contribution is 2.35. The molecule has 0 saturated carbocycles. The molecule has 0 amide bonds. The molecule has 1 aromatic carbocycles. The van der Waals surface area contributed by atoms with Crippen molar-refractivity contribution >= 4 is 15.9 Å². The lowest BCUT2D eigenvalue weighted by molar-refractivity contribution is 0.412. The largest absolute Gasteiger partial charge is 0.336 e. The van der Waals surface area contributed by atoms with Gasteiger partial charge in [-0.05, 0) is 37.0 Å². The van der Waals surface area contributed by atoms with Crippen LogP contribution in [0.15, 0.2) is 41.4 Å². The van der Waals surface area contributed by atoms with Crippen LogP contribution >= 0.6 is 15.9 Å². The van der Waals surface area contributed by atoms with Gasteiger partial charge < -0.3 is 9.88 Å².